The minimum Gasteiger partial charge on any atom is -0.444 e. The summed E-state index contributed by atoms with van der Waals surface area (Å²) in [4.78, 5) is 27.2. The average molecular weight is 301 g/mol. The van der Waals surface area contributed by atoms with Crippen molar-refractivity contribution in [3.05, 3.63) is 29.8 Å². The van der Waals surface area contributed by atoms with E-state index in [1.807, 2.05) is 0 Å². The SMILES string of the molecule is CC(C)(C)OC(=O)N1CCN(c2ccccc2C#N)C(=O)C1. The molecule has 6 heteroatoms. The van der Waals surface area contributed by atoms with E-state index in [2.05, 4.69) is 6.07 Å². The summed E-state index contributed by atoms with van der Waals surface area (Å²) in [7, 11) is 0. The van der Waals surface area contributed by atoms with Crippen molar-refractivity contribution < 1.29 is 14.3 Å². The molecular weight excluding hydrogens is 282 g/mol. The van der Waals surface area contributed by atoms with Crippen LogP contribution < -0.4 is 4.90 Å². The number of anilines is 1. The van der Waals surface area contributed by atoms with Crippen molar-refractivity contribution in [1.82, 2.24) is 4.90 Å². The highest BCUT2D eigenvalue weighted by atomic mass is 16.6. The number of ether oxygens (including phenoxy) is 1. The van der Waals surface area contributed by atoms with Crippen molar-refractivity contribution >= 4 is 17.7 Å². The third-order valence-electron chi connectivity index (χ3n) is 3.19. The Morgan fingerprint density at radius 3 is 2.55 bits per heavy atom. The summed E-state index contributed by atoms with van der Waals surface area (Å²) in [5, 5.41) is 9.13. The maximum absolute atomic E-state index is 12.3. The van der Waals surface area contributed by atoms with E-state index in [1.54, 1.807) is 49.9 Å². The van der Waals surface area contributed by atoms with E-state index >= 15 is 0 Å². The van der Waals surface area contributed by atoms with E-state index in [-0.39, 0.29) is 12.5 Å². The van der Waals surface area contributed by atoms with Gasteiger partial charge in [-0.05, 0) is 32.9 Å². The van der Waals surface area contributed by atoms with Crippen molar-refractivity contribution in [2.45, 2.75) is 26.4 Å². The Labute approximate surface area is 129 Å². The highest BCUT2D eigenvalue weighted by molar-refractivity contribution is 5.98. The van der Waals surface area contributed by atoms with Gasteiger partial charge in [0.2, 0.25) is 5.91 Å². The summed E-state index contributed by atoms with van der Waals surface area (Å²) in [6, 6.07) is 9.02. The van der Waals surface area contributed by atoms with Crippen LogP contribution in [0.2, 0.25) is 0 Å². The molecule has 116 valence electrons. The molecule has 0 atom stereocenters. The van der Waals surface area contributed by atoms with Crippen LogP contribution >= 0.6 is 0 Å². The third kappa shape index (κ3) is 3.55. The minimum atomic E-state index is -0.593. The van der Waals surface area contributed by atoms with E-state index < -0.39 is 11.7 Å². The van der Waals surface area contributed by atoms with Crippen molar-refractivity contribution in [2.24, 2.45) is 0 Å². The van der Waals surface area contributed by atoms with Crippen LogP contribution in [0.15, 0.2) is 24.3 Å². The molecule has 2 rings (SSSR count). The molecule has 1 aromatic rings. The molecule has 0 unspecified atom stereocenters. The number of nitriles is 1. The van der Waals surface area contributed by atoms with E-state index in [4.69, 9.17) is 10.00 Å². The fourth-order valence-electron chi connectivity index (χ4n) is 2.21. The van der Waals surface area contributed by atoms with Crippen LogP contribution in [-0.4, -0.2) is 42.1 Å². The lowest BCUT2D eigenvalue weighted by Crippen LogP contribution is -2.53. The van der Waals surface area contributed by atoms with Crippen molar-refractivity contribution in [3.8, 4) is 6.07 Å². The molecule has 1 aromatic carbocycles. The van der Waals surface area contributed by atoms with Crippen molar-refractivity contribution in [2.75, 3.05) is 24.5 Å². The highest BCUT2D eigenvalue weighted by Crippen LogP contribution is 2.22. The second kappa shape index (κ2) is 6.06. The minimum absolute atomic E-state index is 0.0469. The zero-order chi connectivity index (χ0) is 16.3. The van der Waals surface area contributed by atoms with Gasteiger partial charge in [0.1, 0.15) is 18.2 Å². The average Bonchev–Trinajstić information content (AvgIpc) is 2.45. The molecule has 0 spiro atoms. The Hall–Kier alpha value is -2.55. The maximum atomic E-state index is 12.3. The first-order valence-corrected chi connectivity index (χ1v) is 7.09. The van der Waals surface area contributed by atoms with Crippen LogP contribution in [0.5, 0.6) is 0 Å². The standard InChI is InChI=1S/C16H19N3O3/c1-16(2,3)22-15(21)18-8-9-19(14(20)11-18)13-7-5-4-6-12(13)10-17/h4-7H,8-9,11H2,1-3H3. The maximum Gasteiger partial charge on any atom is 0.410 e. The van der Waals surface area contributed by atoms with Gasteiger partial charge in [-0.25, -0.2) is 4.79 Å². The lowest BCUT2D eigenvalue weighted by molar-refractivity contribution is -0.121. The van der Waals surface area contributed by atoms with Gasteiger partial charge < -0.3 is 9.64 Å². The smallest absolute Gasteiger partial charge is 0.410 e. The van der Waals surface area contributed by atoms with Gasteiger partial charge in [0, 0.05) is 13.1 Å². The van der Waals surface area contributed by atoms with Gasteiger partial charge in [0.05, 0.1) is 11.3 Å². The fraction of sp³-hybridized carbons (Fsp3) is 0.438. The number of para-hydroxylation sites is 1. The fourth-order valence-corrected chi connectivity index (χ4v) is 2.21. The Bertz CT molecular complexity index is 628. The molecule has 0 aromatic heterocycles. The summed E-state index contributed by atoms with van der Waals surface area (Å²) in [5.74, 6) is -0.222. The lowest BCUT2D eigenvalue weighted by atomic mass is 10.1. The molecule has 6 nitrogen and oxygen atoms in total. The highest BCUT2D eigenvalue weighted by Gasteiger charge is 2.31. The quantitative estimate of drug-likeness (QED) is 0.796. The number of benzene rings is 1. The van der Waals surface area contributed by atoms with Gasteiger partial charge in [-0.15, -0.1) is 0 Å². The number of carbonyl (C=O) groups excluding carboxylic acids is 2. The van der Waals surface area contributed by atoms with E-state index in [0.29, 0.717) is 24.3 Å². The molecule has 1 saturated heterocycles. The number of piperazine rings is 1. The van der Waals surface area contributed by atoms with Gasteiger partial charge in [0.15, 0.2) is 0 Å². The second-order valence-electron chi connectivity index (χ2n) is 6.08. The van der Waals surface area contributed by atoms with Crippen molar-refractivity contribution in [1.29, 1.82) is 5.26 Å². The molecule has 1 aliphatic rings. The number of rotatable bonds is 1. The van der Waals surface area contributed by atoms with E-state index in [1.165, 1.54) is 4.90 Å². The Morgan fingerprint density at radius 1 is 1.27 bits per heavy atom. The summed E-state index contributed by atoms with van der Waals surface area (Å²) >= 11 is 0. The van der Waals surface area contributed by atoms with Crippen LogP contribution in [0.25, 0.3) is 0 Å². The topological polar surface area (TPSA) is 73.6 Å². The number of hydrogen-bond acceptors (Lipinski definition) is 4. The molecule has 0 bridgehead atoms. The first-order valence-electron chi connectivity index (χ1n) is 7.09. The van der Waals surface area contributed by atoms with Crippen LogP contribution in [0.3, 0.4) is 0 Å². The van der Waals surface area contributed by atoms with E-state index in [9.17, 15) is 9.59 Å². The number of carbonyl (C=O) groups is 2. The third-order valence-corrected chi connectivity index (χ3v) is 3.19. The van der Waals surface area contributed by atoms with Gasteiger partial charge in [0.25, 0.3) is 0 Å². The first-order chi connectivity index (χ1) is 10.3. The summed E-state index contributed by atoms with van der Waals surface area (Å²) in [5.41, 5.74) is 0.436. The number of nitrogens with zero attached hydrogens (tertiary/aromatic N) is 3. The van der Waals surface area contributed by atoms with Gasteiger partial charge in [-0.3, -0.25) is 9.69 Å². The Kier molecular flexibility index (Phi) is 4.36. The molecule has 1 heterocycles. The zero-order valence-corrected chi connectivity index (χ0v) is 13.0. The number of amides is 2. The summed E-state index contributed by atoms with van der Waals surface area (Å²) in [6.07, 6.45) is -0.492. The Morgan fingerprint density at radius 2 is 1.95 bits per heavy atom. The Balaban J connectivity index is 2.09. The molecular formula is C16H19N3O3. The predicted octanol–water partition coefficient (Wildman–Crippen LogP) is 2.14. The molecule has 2 amide bonds. The summed E-state index contributed by atoms with van der Waals surface area (Å²) < 4.78 is 5.28. The van der Waals surface area contributed by atoms with E-state index in [0.717, 1.165) is 0 Å². The van der Waals surface area contributed by atoms with Crippen LogP contribution in [-0.2, 0) is 9.53 Å². The first kappa shape index (κ1) is 15.8. The predicted molar refractivity (Wildman–Crippen MR) is 81.3 cm³/mol. The lowest BCUT2D eigenvalue weighted by Gasteiger charge is -2.35. The monoisotopic (exact) mass is 301 g/mol. The van der Waals surface area contributed by atoms with Gasteiger partial charge in [-0.2, -0.15) is 5.26 Å². The van der Waals surface area contributed by atoms with Crippen LogP contribution in [0, 0.1) is 11.3 Å². The summed E-state index contributed by atoms with van der Waals surface area (Å²) in [6.45, 7) is 6.02. The van der Waals surface area contributed by atoms with Gasteiger partial charge >= 0.3 is 6.09 Å². The van der Waals surface area contributed by atoms with Gasteiger partial charge in [-0.1, -0.05) is 12.1 Å². The molecule has 0 aliphatic carbocycles. The normalized spacial score (nSPS) is 15.5. The van der Waals surface area contributed by atoms with Crippen LogP contribution in [0.4, 0.5) is 10.5 Å². The largest absolute Gasteiger partial charge is 0.444 e. The molecule has 0 N–H and O–H groups in total. The molecule has 22 heavy (non-hydrogen) atoms. The molecule has 1 fully saturated rings. The second-order valence-corrected chi connectivity index (χ2v) is 6.08. The van der Waals surface area contributed by atoms with Crippen LogP contribution in [0.1, 0.15) is 26.3 Å². The molecule has 0 saturated carbocycles. The molecule has 1 aliphatic heterocycles. The molecule has 0 radical (unpaired) electrons. The zero-order valence-electron chi connectivity index (χ0n) is 13.0. The number of hydrogen-bond donors (Lipinski definition) is 0. The van der Waals surface area contributed by atoms with Crippen molar-refractivity contribution in [3.63, 3.8) is 0 Å².